The molecule has 0 N–H and O–H groups in total. The minimum absolute atomic E-state index is 0.397. The minimum Gasteiger partial charge on any atom is -0.309 e. The van der Waals surface area contributed by atoms with Crippen LogP contribution in [0.25, 0.3) is 11.2 Å². The normalized spacial score (nSPS) is 13.6. The Morgan fingerprint density at radius 2 is 2.12 bits per heavy atom. The van der Waals surface area contributed by atoms with E-state index in [0.29, 0.717) is 11.9 Å². The Morgan fingerprint density at radius 3 is 2.69 bits per heavy atom. The number of nitrogens with zero attached hydrogens (tertiary/aromatic N) is 4. The Morgan fingerprint density at radius 1 is 1.44 bits per heavy atom. The summed E-state index contributed by atoms with van der Waals surface area (Å²) in [5.41, 5.74) is 3.01. The molecule has 0 aliphatic carbocycles. The molecule has 0 fully saturated rings. The smallest absolute Gasteiger partial charge is 0.158 e. The third-order valence-corrected chi connectivity index (χ3v) is 3.30. The summed E-state index contributed by atoms with van der Waals surface area (Å²) in [5, 5.41) is 4.39. The molecule has 0 bridgehead atoms. The molecule has 0 saturated heterocycles. The second kappa shape index (κ2) is 4.09. The average molecular weight is 241 g/mol. The molecule has 2 heterocycles. The summed E-state index contributed by atoms with van der Waals surface area (Å²) >= 11 is 5.95. The van der Waals surface area contributed by atoms with Crippen molar-refractivity contribution < 1.29 is 0 Å². The lowest BCUT2D eigenvalue weighted by molar-refractivity contribution is 0.517. The van der Waals surface area contributed by atoms with Crippen molar-refractivity contribution in [3.05, 3.63) is 11.5 Å². The van der Waals surface area contributed by atoms with Crippen LogP contribution in [0.2, 0.25) is 0 Å². The summed E-state index contributed by atoms with van der Waals surface area (Å²) in [4.78, 5) is 4.57. The fourth-order valence-corrected chi connectivity index (χ4v) is 2.27. The first-order chi connectivity index (χ1) is 7.60. The predicted molar refractivity (Wildman–Crippen MR) is 65.8 cm³/mol. The van der Waals surface area contributed by atoms with Gasteiger partial charge in [0, 0.05) is 13.1 Å². The van der Waals surface area contributed by atoms with Gasteiger partial charge in [-0.3, -0.25) is 4.68 Å². The second-order valence-corrected chi connectivity index (χ2v) is 4.44. The number of aryl methyl sites for hydroxylation is 2. The van der Waals surface area contributed by atoms with E-state index in [2.05, 4.69) is 28.5 Å². The largest absolute Gasteiger partial charge is 0.309 e. The van der Waals surface area contributed by atoms with Gasteiger partial charge >= 0.3 is 0 Å². The van der Waals surface area contributed by atoms with Crippen LogP contribution in [0.5, 0.6) is 0 Å². The van der Waals surface area contributed by atoms with Crippen molar-refractivity contribution in [3.63, 3.8) is 0 Å². The van der Waals surface area contributed by atoms with Gasteiger partial charge in [-0.05, 0) is 20.3 Å². The molecule has 1 unspecified atom stereocenters. The molecule has 4 nitrogen and oxygen atoms in total. The van der Waals surface area contributed by atoms with Crippen LogP contribution in [0.15, 0.2) is 0 Å². The molecule has 0 spiro atoms. The molecular formula is C11H17ClN4. The van der Waals surface area contributed by atoms with Gasteiger partial charge in [0.05, 0.1) is 11.6 Å². The van der Waals surface area contributed by atoms with Crippen molar-refractivity contribution in [2.24, 2.45) is 7.05 Å². The number of halogens is 1. The number of fused-ring (bicyclic) bond motifs is 1. The zero-order valence-corrected chi connectivity index (χ0v) is 10.9. The maximum atomic E-state index is 5.95. The average Bonchev–Trinajstić information content (AvgIpc) is 2.77. The van der Waals surface area contributed by atoms with E-state index in [1.54, 1.807) is 0 Å². The Hall–Kier alpha value is -1.03. The van der Waals surface area contributed by atoms with Gasteiger partial charge in [0.15, 0.2) is 5.65 Å². The number of imidazole rings is 1. The summed E-state index contributed by atoms with van der Waals surface area (Å²) in [6.07, 6.45) is 1.06. The lowest BCUT2D eigenvalue weighted by Crippen LogP contribution is -2.10. The van der Waals surface area contributed by atoms with Crippen molar-refractivity contribution in [2.45, 2.75) is 39.1 Å². The molecule has 16 heavy (non-hydrogen) atoms. The quantitative estimate of drug-likeness (QED) is 0.774. The van der Waals surface area contributed by atoms with Crippen molar-refractivity contribution >= 4 is 22.8 Å². The first-order valence-electron chi connectivity index (χ1n) is 5.56. The van der Waals surface area contributed by atoms with E-state index < -0.39 is 0 Å². The monoisotopic (exact) mass is 240 g/mol. The van der Waals surface area contributed by atoms with Crippen LogP contribution in [0.3, 0.4) is 0 Å². The molecule has 0 amide bonds. The Kier molecular flexibility index (Phi) is 2.93. The molecule has 0 aliphatic rings. The lowest BCUT2D eigenvalue weighted by Gasteiger charge is -2.14. The van der Waals surface area contributed by atoms with Gasteiger partial charge in [-0.15, -0.1) is 11.6 Å². The van der Waals surface area contributed by atoms with Crippen LogP contribution in [-0.2, 0) is 12.9 Å². The Labute approximate surface area is 100 Å². The minimum atomic E-state index is 0.397. The highest BCUT2D eigenvalue weighted by atomic mass is 35.5. The van der Waals surface area contributed by atoms with Crippen molar-refractivity contribution in [1.29, 1.82) is 0 Å². The highest BCUT2D eigenvalue weighted by Crippen LogP contribution is 2.25. The topological polar surface area (TPSA) is 35.6 Å². The van der Waals surface area contributed by atoms with Crippen molar-refractivity contribution in [2.75, 3.05) is 0 Å². The molecule has 0 saturated carbocycles. The third kappa shape index (κ3) is 1.52. The highest BCUT2D eigenvalue weighted by molar-refractivity contribution is 6.16. The SMILES string of the molecule is CCC(C)n1c(CCl)nc2c(C)nn(C)c21. The molecule has 1 atom stereocenters. The molecule has 2 aromatic heterocycles. The highest BCUT2D eigenvalue weighted by Gasteiger charge is 2.19. The molecule has 0 radical (unpaired) electrons. The predicted octanol–water partition coefficient (Wildman–Crippen LogP) is 2.79. The van der Waals surface area contributed by atoms with Gasteiger partial charge in [-0.25, -0.2) is 4.98 Å². The number of aromatic nitrogens is 4. The van der Waals surface area contributed by atoms with Gasteiger partial charge in [0.25, 0.3) is 0 Å². The Balaban J connectivity index is 2.75. The maximum Gasteiger partial charge on any atom is 0.158 e. The van der Waals surface area contributed by atoms with Crippen LogP contribution >= 0.6 is 11.6 Å². The third-order valence-electron chi connectivity index (χ3n) is 3.06. The van der Waals surface area contributed by atoms with Crippen LogP contribution < -0.4 is 0 Å². The van der Waals surface area contributed by atoms with E-state index in [1.165, 1.54) is 0 Å². The fraction of sp³-hybridized carbons (Fsp3) is 0.636. The number of hydrogen-bond acceptors (Lipinski definition) is 2. The first kappa shape index (κ1) is 11.5. The molecule has 0 aromatic carbocycles. The van der Waals surface area contributed by atoms with Crippen LogP contribution in [0.4, 0.5) is 0 Å². The standard InChI is InChI=1S/C11H17ClN4/c1-5-7(2)16-9(6-12)13-10-8(3)14-15(4)11(10)16/h7H,5-6H2,1-4H3. The van der Waals surface area contributed by atoms with Crippen LogP contribution in [-0.4, -0.2) is 19.3 Å². The van der Waals surface area contributed by atoms with E-state index in [0.717, 1.165) is 29.1 Å². The van der Waals surface area contributed by atoms with Gasteiger partial charge in [-0.1, -0.05) is 6.92 Å². The summed E-state index contributed by atoms with van der Waals surface area (Å²) in [6, 6.07) is 0.397. The Bertz CT molecular complexity index is 511. The van der Waals surface area contributed by atoms with Gasteiger partial charge in [-0.2, -0.15) is 5.10 Å². The fourth-order valence-electron chi connectivity index (χ4n) is 2.08. The van der Waals surface area contributed by atoms with Crippen LogP contribution in [0.1, 0.15) is 37.8 Å². The van der Waals surface area contributed by atoms with E-state index in [9.17, 15) is 0 Å². The molecule has 88 valence electrons. The first-order valence-corrected chi connectivity index (χ1v) is 6.10. The van der Waals surface area contributed by atoms with Crippen LogP contribution in [0, 0.1) is 6.92 Å². The molecule has 0 aliphatic heterocycles. The van der Waals surface area contributed by atoms with Crippen molar-refractivity contribution in [1.82, 2.24) is 19.3 Å². The summed E-state index contributed by atoms with van der Waals surface area (Å²) < 4.78 is 4.09. The molecular weight excluding hydrogens is 224 g/mol. The van der Waals surface area contributed by atoms with Gasteiger partial charge in [0.1, 0.15) is 11.3 Å². The molecule has 5 heteroatoms. The lowest BCUT2D eigenvalue weighted by atomic mass is 10.2. The van der Waals surface area contributed by atoms with Gasteiger partial charge in [0.2, 0.25) is 0 Å². The van der Waals surface area contributed by atoms with Crippen molar-refractivity contribution in [3.8, 4) is 0 Å². The molecule has 2 rings (SSSR count). The zero-order valence-electron chi connectivity index (χ0n) is 10.2. The molecule has 2 aromatic rings. The van der Waals surface area contributed by atoms with E-state index >= 15 is 0 Å². The number of hydrogen-bond donors (Lipinski definition) is 0. The second-order valence-electron chi connectivity index (χ2n) is 4.17. The maximum absolute atomic E-state index is 5.95. The van der Waals surface area contributed by atoms with E-state index in [1.807, 2.05) is 18.7 Å². The zero-order chi connectivity index (χ0) is 11.9. The van der Waals surface area contributed by atoms with E-state index in [4.69, 9.17) is 11.6 Å². The number of rotatable bonds is 3. The summed E-state index contributed by atoms with van der Waals surface area (Å²) in [7, 11) is 1.95. The number of alkyl halides is 1. The summed E-state index contributed by atoms with van der Waals surface area (Å²) in [6.45, 7) is 6.32. The van der Waals surface area contributed by atoms with Gasteiger partial charge < -0.3 is 4.57 Å². The van der Waals surface area contributed by atoms with E-state index in [-0.39, 0.29) is 0 Å². The summed E-state index contributed by atoms with van der Waals surface area (Å²) in [5.74, 6) is 1.38.